The largest absolute Gasteiger partial charge is 0.369 e. The fourth-order valence-electron chi connectivity index (χ4n) is 1.81. The predicted octanol–water partition coefficient (Wildman–Crippen LogP) is 4.02. The van der Waals surface area contributed by atoms with E-state index in [9.17, 15) is 4.79 Å². The fourth-order valence-corrected chi connectivity index (χ4v) is 2.84. The van der Waals surface area contributed by atoms with Crippen LogP contribution in [0.2, 0.25) is 0 Å². The first-order valence-corrected chi connectivity index (χ1v) is 7.82. The molecule has 0 saturated heterocycles. The highest BCUT2D eigenvalue weighted by Gasteiger charge is 2.14. The van der Waals surface area contributed by atoms with Gasteiger partial charge in [-0.3, -0.25) is 4.79 Å². The molecule has 0 aliphatic carbocycles. The molecule has 2 N–H and O–H groups in total. The molecule has 2 nitrogen and oxygen atoms in total. The molecule has 20 heavy (non-hydrogen) atoms. The maximum atomic E-state index is 11.0. The number of primary amides is 1. The van der Waals surface area contributed by atoms with E-state index in [0.717, 1.165) is 0 Å². The average molecular weight is 287 g/mol. The summed E-state index contributed by atoms with van der Waals surface area (Å²) in [6.45, 7) is 4.00. The summed E-state index contributed by atoms with van der Waals surface area (Å²) in [7, 11) is 0. The number of thioether (sulfide) groups is 1. The number of amides is 1. The topological polar surface area (TPSA) is 43.1 Å². The van der Waals surface area contributed by atoms with Gasteiger partial charge >= 0.3 is 0 Å². The number of benzene rings is 2. The Morgan fingerprint density at radius 1 is 0.950 bits per heavy atom. The third kappa shape index (κ3) is 5.10. The molecule has 2 aromatic carbocycles. The number of carbonyl (C=O) groups is 1. The summed E-state index contributed by atoms with van der Waals surface area (Å²) >= 11 is 1.56. The molecule has 0 spiro atoms. The maximum Gasteiger partial charge on any atom is 0.227 e. The summed E-state index contributed by atoms with van der Waals surface area (Å²) in [5.41, 5.74) is 7.62. The molecule has 0 unspecified atom stereocenters. The van der Waals surface area contributed by atoms with Crippen molar-refractivity contribution in [1.29, 1.82) is 0 Å². The summed E-state index contributed by atoms with van der Waals surface area (Å²) in [5, 5.41) is 0.153. The Morgan fingerprint density at radius 3 is 1.70 bits per heavy atom. The van der Waals surface area contributed by atoms with E-state index in [2.05, 4.69) is 24.3 Å². The normalized spacial score (nSPS) is 9.75. The molecule has 0 bridgehead atoms. The molecule has 0 aliphatic rings. The Labute approximate surface area is 125 Å². The molecule has 0 aliphatic heterocycles. The SMILES string of the molecule is CC.NC(=O)CSC(c1ccccc1)c1ccccc1. The van der Waals surface area contributed by atoms with Gasteiger partial charge in [0.2, 0.25) is 5.91 Å². The Bertz CT molecular complexity index is 459. The zero-order valence-corrected chi connectivity index (χ0v) is 12.8. The first-order valence-electron chi connectivity index (χ1n) is 6.77. The number of hydrogen-bond acceptors (Lipinski definition) is 2. The second-order valence-electron chi connectivity index (χ2n) is 3.98. The van der Waals surface area contributed by atoms with Crippen LogP contribution in [-0.4, -0.2) is 11.7 Å². The predicted molar refractivity (Wildman–Crippen MR) is 87.7 cm³/mol. The molecule has 1 amide bonds. The molecule has 106 valence electrons. The van der Waals surface area contributed by atoms with Crippen molar-refractivity contribution in [1.82, 2.24) is 0 Å². The van der Waals surface area contributed by atoms with Gasteiger partial charge in [-0.2, -0.15) is 0 Å². The Hall–Kier alpha value is -1.74. The molecule has 0 saturated carbocycles. The first-order chi connectivity index (χ1) is 9.77. The van der Waals surface area contributed by atoms with Gasteiger partial charge in [-0.05, 0) is 11.1 Å². The molecule has 0 heterocycles. The molecule has 0 fully saturated rings. The van der Waals surface area contributed by atoms with E-state index < -0.39 is 0 Å². The van der Waals surface area contributed by atoms with Crippen LogP contribution in [0.1, 0.15) is 30.2 Å². The molecular formula is C17H21NOS. The van der Waals surface area contributed by atoms with Crippen LogP contribution >= 0.6 is 11.8 Å². The zero-order valence-electron chi connectivity index (χ0n) is 12.0. The van der Waals surface area contributed by atoms with E-state index >= 15 is 0 Å². The molecule has 0 atom stereocenters. The van der Waals surface area contributed by atoms with Crippen LogP contribution in [0.3, 0.4) is 0 Å². The van der Waals surface area contributed by atoms with E-state index in [0.29, 0.717) is 5.75 Å². The highest BCUT2D eigenvalue weighted by Crippen LogP contribution is 2.34. The van der Waals surface area contributed by atoms with Gasteiger partial charge in [0, 0.05) is 0 Å². The zero-order chi connectivity index (χ0) is 14.8. The minimum Gasteiger partial charge on any atom is -0.369 e. The summed E-state index contributed by atoms with van der Waals surface area (Å²) in [6.07, 6.45) is 0. The van der Waals surface area contributed by atoms with Crippen molar-refractivity contribution in [2.75, 3.05) is 5.75 Å². The fraction of sp³-hybridized carbons (Fsp3) is 0.235. The van der Waals surface area contributed by atoms with Crippen molar-refractivity contribution < 1.29 is 4.79 Å². The van der Waals surface area contributed by atoms with Crippen molar-refractivity contribution in [3.8, 4) is 0 Å². The van der Waals surface area contributed by atoms with Crippen LogP contribution in [0, 0.1) is 0 Å². The van der Waals surface area contributed by atoms with Crippen molar-refractivity contribution in [3.05, 3.63) is 71.8 Å². The van der Waals surface area contributed by atoms with E-state index in [4.69, 9.17) is 5.73 Å². The molecule has 2 rings (SSSR count). The second-order valence-corrected chi connectivity index (χ2v) is 5.07. The highest BCUT2D eigenvalue weighted by molar-refractivity contribution is 8.00. The second kappa shape index (κ2) is 9.21. The molecule has 0 aromatic heterocycles. The van der Waals surface area contributed by atoms with E-state index in [1.807, 2.05) is 50.2 Å². The lowest BCUT2D eigenvalue weighted by Crippen LogP contribution is -2.14. The van der Waals surface area contributed by atoms with Gasteiger partial charge in [0.1, 0.15) is 0 Å². The van der Waals surface area contributed by atoms with Crippen molar-refractivity contribution in [2.24, 2.45) is 5.73 Å². The summed E-state index contributed by atoms with van der Waals surface area (Å²) in [5.74, 6) is 0.0471. The lowest BCUT2D eigenvalue weighted by molar-refractivity contribution is -0.115. The van der Waals surface area contributed by atoms with Crippen molar-refractivity contribution in [2.45, 2.75) is 19.1 Å². The minimum absolute atomic E-state index is 0.153. The summed E-state index contributed by atoms with van der Waals surface area (Å²) < 4.78 is 0. The maximum absolute atomic E-state index is 11.0. The van der Waals surface area contributed by atoms with Crippen LogP contribution in [-0.2, 0) is 4.79 Å². The van der Waals surface area contributed by atoms with E-state index in [1.54, 1.807) is 11.8 Å². The van der Waals surface area contributed by atoms with Gasteiger partial charge in [0.25, 0.3) is 0 Å². The summed E-state index contributed by atoms with van der Waals surface area (Å²) in [6, 6.07) is 20.3. The Morgan fingerprint density at radius 2 is 1.35 bits per heavy atom. The highest BCUT2D eigenvalue weighted by atomic mass is 32.2. The monoisotopic (exact) mass is 287 g/mol. The lowest BCUT2D eigenvalue weighted by Gasteiger charge is -2.16. The van der Waals surface area contributed by atoms with Crippen molar-refractivity contribution in [3.63, 3.8) is 0 Å². The standard InChI is InChI=1S/C15H15NOS.C2H6/c16-14(17)11-18-15(12-7-3-1-4-8-12)13-9-5-2-6-10-13;1-2/h1-10,15H,11H2,(H2,16,17);1-2H3. The van der Waals surface area contributed by atoms with Crippen molar-refractivity contribution >= 4 is 17.7 Å². The Balaban J connectivity index is 0.000000956. The third-order valence-corrected chi connectivity index (χ3v) is 3.93. The number of rotatable bonds is 5. The van der Waals surface area contributed by atoms with Gasteiger partial charge in [-0.25, -0.2) is 0 Å². The van der Waals surface area contributed by atoms with Crippen LogP contribution in [0.15, 0.2) is 60.7 Å². The molecular weight excluding hydrogens is 266 g/mol. The van der Waals surface area contributed by atoms with Crippen LogP contribution in [0.4, 0.5) is 0 Å². The van der Waals surface area contributed by atoms with Gasteiger partial charge in [-0.15, -0.1) is 11.8 Å². The van der Waals surface area contributed by atoms with Gasteiger partial charge in [-0.1, -0.05) is 74.5 Å². The first kappa shape index (κ1) is 16.3. The van der Waals surface area contributed by atoms with Gasteiger partial charge in [0.15, 0.2) is 0 Å². The van der Waals surface area contributed by atoms with Crippen LogP contribution in [0.5, 0.6) is 0 Å². The van der Waals surface area contributed by atoms with Gasteiger partial charge in [0.05, 0.1) is 11.0 Å². The van der Waals surface area contributed by atoms with Gasteiger partial charge < -0.3 is 5.73 Å². The number of hydrogen-bond donors (Lipinski definition) is 1. The quantitative estimate of drug-likeness (QED) is 0.902. The summed E-state index contributed by atoms with van der Waals surface area (Å²) in [4.78, 5) is 11.0. The average Bonchev–Trinajstić information content (AvgIpc) is 2.51. The smallest absolute Gasteiger partial charge is 0.227 e. The minimum atomic E-state index is -0.281. The Kier molecular flexibility index (Phi) is 7.51. The van der Waals surface area contributed by atoms with Crippen LogP contribution in [0.25, 0.3) is 0 Å². The molecule has 0 radical (unpaired) electrons. The number of nitrogens with two attached hydrogens (primary N) is 1. The van der Waals surface area contributed by atoms with Crippen LogP contribution < -0.4 is 5.73 Å². The van der Waals surface area contributed by atoms with E-state index in [1.165, 1.54) is 11.1 Å². The third-order valence-electron chi connectivity index (χ3n) is 2.60. The van der Waals surface area contributed by atoms with E-state index in [-0.39, 0.29) is 11.2 Å². The molecule has 2 aromatic rings. The number of carbonyl (C=O) groups excluding carboxylic acids is 1. The molecule has 3 heteroatoms. The lowest BCUT2D eigenvalue weighted by atomic mass is 10.0.